The summed E-state index contributed by atoms with van der Waals surface area (Å²) < 4.78 is 28.7. The Morgan fingerprint density at radius 3 is 2.45 bits per heavy atom. The SMILES string of the molecule is COc1cc(/C=N\NC(=O)COc2ccc(F)cc2)ccc1OC(=O)/C=C/c1ccccc1. The lowest BCUT2D eigenvalue weighted by atomic mass is 10.2. The summed E-state index contributed by atoms with van der Waals surface area (Å²) in [6, 6.07) is 19.5. The number of benzene rings is 3. The maximum atomic E-state index is 12.9. The first kappa shape index (κ1) is 23.2. The maximum Gasteiger partial charge on any atom is 0.336 e. The number of hydrogen-bond donors (Lipinski definition) is 1. The van der Waals surface area contributed by atoms with Crippen molar-refractivity contribution in [1.29, 1.82) is 0 Å². The van der Waals surface area contributed by atoms with Crippen molar-refractivity contribution in [3.05, 3.63) is 95.8 Å². The Labute approximate surface area is 190 Å². The Balaban J connectivity index is 1.52. The van der Waals surface area contributed by atoms with Crippen molar-refractivity contribution in [2.24, 2.45) is 5.10 Å². The van der Waals surface area contributed by atoms with Gasteiger partial charge in [0, 0.05) is 6.08 Å². The van der Waals surface area contributed by atoms with Gasteiger partial charge in [-0.3, -0.25) is 4.79 Å². The van der Waals surface area contributed by atoms with Crippen molar-refractivity contribution in [2.75, 3.05) is 13.7 Å². The monoisotopic (exact) mass is 448 g/mol. The number of nitrogens with one attached hydrogen (secondary N) is 1. The third kappa shape index (κ3) is 7.62. The molecule has 3 aromatic rings. The summed E-state index contributed by atoms with van der Waals surface area (Å²) in [4.78, 5) is 23.9. The normalized spacial score (nSPS) is 10.8. The van der Waals surface area contributed by atoms with Crippen molar-refractivity contribution < 1.29 is 28.2 Å². The zero-order valence-corrected chi connectivity index (χ0v) is 17.7. The number of hydrazone groups is 1. The zero-order valence-electron chi connectivity index (χ0n) is 17.7. The van der Waals surface area contributed by atoms with Crippen LogP contribution in [0, 0.1) is 5.82 Å². The van der Waals surface area contributed by atoms with Crippen LogP contribution in [0.5, 0.6) is 17.2 Å². The highest BCUT2D eigenvalue weighted by Crippen LogP contribution is 2.27. The van der Waals surface area contributed by atoms with Gasteiger partial charge in [-0.2, -0.15) is 5.10 Å². The van der Waals surface area contributed by atoms with Gasteiger partial charge in [0.2, 0.25) is 0 Å². The Morgan fingerprint density at radius 1 is 0.970 bits per heavy atom. The quantitative estimate of drug-likeness (QED) is 0.176. The minimum Gasteiger partial charge on any atom is -0.493 e. The fourth-order valence-electron chi connectivity index (χ4n) is 2.61. The van der Waals surface area contributed by atoms with E-state index in [-0.39, 0.29) is 12.4 Å². The van der Waals surface area contributed by atoms with Crippen LogP contribution in [0.3, 0.4) is 0 Å². The summed E-state index contributed by atoms with van der Waals surface area (Å²) in [6.45, 7) is -0.280. The number of halogens is 1. The molecule has 3 rings (SSSR count). The van der Waals surface area contributed by atoms with Crippen LogP contribution in [0.4, 0.5) is 4.39 Å². The summed E-state index contributed by atoms with van der Waals surface area (Å²) in [5.74, 6) is -0.494. The number of carbonyl (C=O) groups excluding carboxylic acids is 2. The van der Waals surface area contributed by atoms with Crippen LogP contribution < -0.4 is 19.6 Å². The first-order valence-electron chi connectivity index (χ1n) is 9.87. The summed E-state index contributed by atoms with van der Waals surface area (Å²) in [6.07, 6.45) is 4.38. The number of carbonyl (C=O) groups is 2. The zero-order chi connectivity index (χ0) is 23.5. The summed E-state index contributed by atoms with van der Waals surface area (Å²) in [5, 5.41) is 3.86. The van der Waals surface area contributed by atoms with Crippen LogP contribution in [0.25, 0.3) is 6.08 Å². The third-order valence-corrected chi connectivity index (χ3v) is 4.20. The molecule has 1 amide bonds. The van der Waals surface area contributed by atoms with Gasteiger partial charge in [0.25, 0.3) is 5.91 Å². The van der Waals surface area contributed by atoms with Crippen molar-refractivity contribution >= 4 is 24.2 Å². The molecule has 0 bridgehead atoms. The minimum absolute atomic E-state index is 0.245. The number of methoxy groups -OCH3 is 1. The van der Waals surface area contributed by atoms with Gasteiger partial charge in [-0.25, -0.2) is 14.6 Å². The van der Waals surface area contributed by atoms with Crippen molar-refractivity contribution in [3.8, 4) is 17.2 Å². The summed E-state index contributed by atoms with van der Waals surface area (Å²) in [5.41, 5.74) is 3.80. The third-order valence-electron chi connectivity index (χ3n) is 4.20. The molecular weight excluding hydrogens is 427 g/mol. The van der Waals surface area contributed by atoms with Gasteiger partial charge in [-0.15, -0.1) is 0 Å². The molecule has 1 N–H and O–H groups in total. The Bertz CT molecular complexity index is 1150. The highest BCUT2D eigenvalue weighted by Gasteiger charge is 2.09. The predicted octanol–water partition coefficient (Wildman–Crippen LogP) is 3.98. The van der Waals surface area contributed by atoms with Gasteiger partial charge in [0.1, 0.15) is 11.6 Å². The molecule has 0 aliphatic heterocycles. The summed E-state index contributed by atoms with van der Waals surface area (Å²) in [7, 11) is 1.45. The Kier molecular flexibility index (Phi) is 8.30. The van der Waals surface area contributed by atoms with E-state index in [9.17, 15) is 14.0 Å². The molecule has 0 unspecified atom stereocenters. The lowest BCUT2D eigenvalue weighted by molar-refractivity contribution is -0.129. The molecule has 33 heavy (non-hydrogen) atoms. The van der Waals surface area contributed by atoms with E-state index in [4.69, 9.17) is 14.2 Å². The van der Waals surface area contributed by atoms with E-state index in [0.29, 0.717) is 17.1 Å². The van der Waals surface area contributed by atoms with Gasteiger partial charge >= 0.3 is 5.97 Å². The lowest BCUT2D eigenvalue weighted by Gasteiger charge is -2.08. The molecule has 0 aliphatic rings. The average Bonchev–Trinajstić information content (AvgIpc) is 2.84. The van der Waals surface area contributed by atoms with E-state index in [1.165, 1.54) is 43.7 Å². The lowest BCUT2D eigenvalue weighted by Crippen LogP contribution is -2.24. The molecule has 7 nitrogen and oxygen atoms in total. The van der Waals surface area contributed by atoms with Gasteiger partial charge in [-0.1, -0.05) is 30.3 Å². The minimum atomic E-state index is -0.549. The molecule has 0 radical (unpaired) electrons. The molecule has 0 aromatic heterocycles. The highest BCUT2D eigenvalue weighted by atomic mass is 19.1. The molecule has 0 saturated carbocycles. The van der Waals surface area contributed by atoms with Crippen LogP contribution in [-0.4, -0.2) is 31.8 Å². The van der Waals surface area contributed by atoms with E-state index < -0.39 is 17.7 Å². The van der Waals surface area contributed by atoms with Gasteiger partial charge in [-0.05, 0) is 59.7 Å². The molecule has 168 valence electrons. The summed E-state index contributed by atoms with van der Waals surface area (Å²) >= 11 is 0. The van der Waals surface area contributed by atoms with Crippen LogP contribution in [0.1, 0.15) is 11.1 Å². The second-order valence-corrected chi connectivity index (χ2v) is 6.61. The van der Waals surface area contributed by atoms with Crippen LogP contribution in [0.2, 0.25) is 0 Å². The molecule has 0 atom stereocenters. The second-order valence-electron chi connectivity index (χ2n) is 6.61. The fourth-order valence-corrected chi connectivity index (χ4v) is 2.61. The molecule has 0 heterocycles. The average molecular weight is 448 g/mol. The maximum absolute atomic E-state index is 12.9. The van der Waals surface area contributed by atoms with Crippen LogP contribution >= 0.6 is 0 Å². The van der Waals surface area contributed by atoms with E-state index in [2.05, 4.69) is 10.5 Å². The second kappa shape index (κ2) is 11.8. The van der Waals surface area contributed by atoms with Gasteiger partial charge in [0.15, 0.2) is 18.1 Å². The number of amides is 1. The molecular formula is C25H21FN2O5. The molecule has 0 aliphatic carbocycles. The van der Waals surface area contributed by atoms with E-state index in [0.717, 1.165) is 5.56 Å². The number of hydrogen-bond acceptors (Lipinski definition) is 6. The van der Waals surface area contributed by atoms with Gasteiger partial charge in [0.05, 0.1) is 13.3 Å². The van der Waals surface area contributed by atoms with Crippen molar-refractivity contribution in [3.63, 3.8) is 0 Å². The largest absolute Gasteiger partial charge is 0.493 e. The van der Waals surface area contributed by atoms with E-state index in [1.54, 1.807) is 24.3 Å². The standard InChI is InChI=1S/C25H21FN2O5/c1-31-23-15-19(16-27-28-24(29)17-32-21-11-9-20(26)10-12-21)7-13-22(23)33-25(30)14-8-18-5-3-2-4-6-18/h2-16H,17H2,1H3,(H,28,29)/b14-8+,27-16-. The van der Waals surface area contributed by atoms with Crippen LogP contribution in [-0.2, 0) is 9.59 Å². The predicted molar refractivity (Wildman–Crippen MR) is 122 cm³/mol. The number of ether oxygens (including phenoxy) is 3. The highest BCUT2D eigenvalue weighted by molar-refractivity contribution is 5.89. The molecule has 0 saturated heterocycles. The molecule has 3 aromatic carbocycles. The van der Waals surface area contributed by atoms with Crippen LogP contribution in [0.15, 0.2) is 84.0 Å². The Hall–Kier alpha value is -4.46. The number of rotatable bonds is 9. The molecule has 8 heteroatoms. The van der Waals surface area contributed by atoms with E-state index in [1.807, 2.05) is 30.3 Å². The van der Waals surface area contributed by atoms with E-state index >= 15 is 0 Å². The molecule has 0 spiro atoms. The smallest absolute Gasteiger partial charge is 0.336 e. The van der Waals surface area contributed by atoms with Gasteiger partial charge < -0.3 is 14.2 Å². The van der Waals surface area contributed by atoms with Crippen molar-refractivity contribution in [1.82, 2.24) is 5.43 Å². The first-order chi connectivity index (χ1) is 16.0. The topological polar surface area (TPSA) is 86.2 Å². The van der Waals surface area contributed by atoms with Crippen molar-refractivity contribution in [2.45, 2.75) is 0 Å². The number of esters is 1. The molecule has 0 fully saturated rings. The number of nitrogens with zero attached hydrogens (tertiary/aromatic N) is 1. The first-order valence-corrected chi connectivity index (χ1v) is 9.87. The Morgan fingerprint density at radius 2 is 1.73 bits per heavy atom. The fraction of sp³-hybridized carbons (Fsp3) is 0.0800.